The molecule has 0 radical (unpaired) electrons. The van der Waals surface area contributed by atoms with Crippen molar-refractivity contribution in [3.05, 3.63) is 17.6 Å². The van der Waals surface area contributed by atoms with Crippen molar-refractivity contribution in [3.8, 4) is 0 Å². The SMILES string of the molecule is CCCCN(C(C)CC)S(=O)(=O)c1cc(CCl)oc1C. The van der Waals surface area contributed by atoms with Crippen LogP contribution in [-0.4, -0.2) is 25.3 Å². The summed E-state index contributed by atoms with van der Waals surface area (Å²) in [6.07, 6.45) is 2.59. The van der Waals surface area contributed by atoms with E-state index in [0.717, 1.165) is 19.3 Å². The topological polar surface area (TPSA) is 50.5 Å². The molecule has 0 bridgehead atoms. The molecule has 1 heterocycles. The van der Waals surface area contributed by atoms with Crippen LogP contribution in [0.4, 0.5) is 0 Å². The standard InChI is InChI=1S/C14H24ClNO3S/c1-5-7-8-16(11(3)6-2)20(17,18)14-9-13(10-15)19-12(14)4/h9,11H,5-8,10H2,1-4H3. The van der Waals surface area contributed by atoms with Gasteiger partial charge in [-0.15, -0.1) is 11.6 Å². The largest absolute Gasteiger partial charge is 0.464 e. The zero-order valence-electron chi connectivity index (χ0n) is 12.6. The molecule has 0 saturated carbocycles. The summed E-state index contributed by atoms with van der Waals surface area (Å²) in [4.78, 5) is 0.240. The number of nitrogens with zero attached hydrogens (tertiary/aromatic N) is 1. The van der Waals surface area contributed by atoms with E-state index in [1.165, 1.54) is 0 Å². The fourth-order valence-electron chi connectivity index (χ4n) is 2.07. The molecule has 1 unspecified atom stereocenters. The Bertz CT molecular complexity index is 525. The minimum Gasteiger partial charge on any atom is -0.464 e. The predicted molar refractivity (Wildman–Crippen MR) is 81.6 cm³/mol. The maximum atomic E-state index is 12.8. The number of hydrogen-bond acceptors (Lipinski definition) is 3. The highest BCUT2D eigenvalue weighted by Crippen LogP contribution is 2.26. The molecule has 0 aromatic carbocycles. The Kier molecular flexibility index (Phi) is 6.55. The monoisotopic (exact) mass is 321 g/mol. The third-order valence-corrected chi connectivity index (χ3v) is 5.84. The Labute approximate surface area is 127 Å². The van der Waals surface area contributed by atoms with Crippen LogP contribution in [0.3, 0.4) is 0 Å². The molecule has 1 aromatic rings. The summed E-state index contributed by atoms with van der Waals surface area (Å²) >= 11 is 5.71. The van der Waals surface area contributed by atoms with Crippen molar-refractivity contribution in [2.24, 2.45) is 0 Å². The van der Waals surface area contributed by atoms with E-state index in [-0.39, 0.29) is 16.8 Å². The number of furan rings is 1. The molecular weight excluding hydrogens is 298 g/mol. The lowest BCUT2D eigenvalue weighted by atomic mass is 10.2. The number of sulfonamides is 1. The zero-order valence-corrected chi connectivity index (χ0v) is 14.2. The van der Waals surface area contributed by atoms with Gasteiger partial charge in [0.2, 0.25) is 10.0 Å². The number of rotatable bonds is 8. The van der Waals surface area contributed by atoms with E-state index < -0.39 is 10.0 Å². The molecule has 6 heteroatoms. The number of halogens is 1. The first-order valence-corrected chi connectivity index (χ1v) is 9.03. The fourth-order valence-corrected chi connectivity index (χ4v) is 4.13. The van der Waals surface area contributed by atoms with Crippen molar-refractivity contribution in [2.45, 2.75) is 63.8 Å². The number of alkyl halides is 1. The minimum absolute atomic E-state index is 0.0275. The Morgan fingerprint density at radius 1 is 1.40 bits per heavy atom. The predicted octanol–water partition coefficient (Wildman–Crippen LogP) is 3.92. The van der Waals surface area contributed by atoms with Gasteiger partial charge in [-0.25, -0.2) is 8.42 Å². The van der Waals surface area contributed by atoms with Gasteiger partial charge in [-0.1, -0.05) is 20.3 Å². The lowest BCUT2D eigenvalue weighted by Gasteiger charge is -2.27. The van der Waals surface area contributed by atoms with Gasteiger partial charge in [0.1, 0.15) is 16.4 Å². The molecule has 116 valence electrons. The highest BCUT2D eigenvalue weighted by atomic mass is 35.5. The average Bonchev–Trinajstić information content (AvgIpc) is 2.80. The normalized spacial score (nSPS) is 13.9. The van der Waals surface area contributed by atoms with Crippen molar-refractivity contribution in [3.63, 3.8) is 0 Å². The molecule has 0 fully saturated rings. The third-order valence-electron chi connectivity index (χ3n) is 3.46. The van der Waals surface area contributed by atoms with Crippen molar-refractivity contribution in [1.29, 1.82) is 0 Å². The Balaban J connectivity index is 3.17. The van der Waals surface area contributed by atoms with Gasteiger partial charge >= 0.3 is 0 Å². The molecule has 0 aliphatic carbocycles. The van der Waals surface area contributed by atoms with Gasteiger partial charge < -0.3 is 4.42 Å². The molecule has 1 rings (SSSR count). The molecule has 1 atom stereocenters. The van der Waals surface area contributed by atoms with Crippen LogP contribution in [0.15, 0.2) is 15.4 Å². The van der Waals surface area contributed by atoms with Crippen LogP contribution >= 0.6 is 11.6 Å². The highest BCUT2D eigenvalue weighted by molar-refractivity contribution is 7.89. The van der Waals surface area contributed by atoms with E-state index in [2.05, 4.69) is 6.92 Å². The van der Waals surface area contributed by atoms with Gasteiger partial charge in [0.05, 0.1) is 5.88 Å². The molecule has 0 aliphatic rings. The Morgan fingerprint density at radius 2 is 2.05 bits per heavy atom. The third kappa shape index (κ3) is 3.77. The van der Waals surface area contributed by atoms with E-state index in [9.17, 15) is 8.42 Å². The van der Waals surface area contributed by atoms with E-state index >= 15 is 0 Å². The highest BCUT2D eigenvalue weighted by Gasteiger charge is 2.31. The van der Waals surface area contributed by atoms with Crippen molar-refractivity contribution >= 4 is 21.6 Å². The van der Waals surface area contributed by atoms with Crippen LogP contribution < -0.4 is 0 Å². The smallest absolute Gasteiger partial charge is 0.246 e. The first-order chi connectivity index (χ1) is 9.38. The van der Waals surface area contributed by atoms with E-state index in [1.807, 2.05) is 13.8 Å². The van der Waals surface area contributed by atoms with Crippen LogP contribution in [0.1, 0.15) is 51.6 Å². The zero-order chi connectivity index (χ0) is 15.3. The van der Waals surface area contributed by atoms with Gasteiger partial charge in [0.25, 0.3) is 0 Å². The van der Waals surface area contributed by atoms with Crippen LogP contribution in [0.25, 0.3) is 0 Å². The van der Waals surface area contributed by atoms with Crippen LogP contribution in [0.5, 0.6) is 0 Å². The minimum atomic E-state index is -3.52. The van der Waals surface area contributed by atoms with Gasteiger partial charge in [0.15, 0.2) is 0 Å². The van der Waals surface area contributed by atoms with Crippen molar-refractivity contribution < 1.29 is 12.8 Å². The van der Waals surface area contributed by atoms with Crippen LogP contribution in [0.2, 0.25) is 0 Å². The number of unbranched alkanes of at least 4 members (excludes halogenated alkanes) is 1. The van der Waals surface area contributed by atoms with Gasteiger partial charge in [0, 0.05) is 18.7 Å². The molecule has 0 N–H and O–H groups in total. The number of hydrogen-bond donors (Lipinski definition) is 0. The molecule has 4 nitrogen and oxygen atoms in total. The Hall–Kier alpha value is -0.520. The molecule has 0 saturated heterocycles. The molecular formula is C14H24ClNO3S. The maximum absolute atomic E-state index is 12.8. The molecule has 0 spiro atoms. The van der Waals surface area contributed by atoms with Gasteiger partial charge in [-0.3, -0.25) is 0 Å². The molecule has 0 aliphatic heterocycles. The Morgan fingerprint density at radius 3 is 2.50 bits per heavy atom. The van der Waals surface area contributed by atoms with E-state index in [4.69, 9.17) is 16.0 Å². The summed E-state index contributed by atoms with van der Waals surface area (Å²) in [5.41, 5.74) is 0. The summed E-state index contributed by atoms with van der Waals surface area (Å²) in [7, 11) is -3.52. The maximum Gasteiger partial charge on any atom is 0.246 e. The fraction of sp³-hybridized carbons (Fsp3) is 0.714. The molecule has 1 aromatic heterocycles. The first-order valence-electron chi connectivity index (χ1n) is 7.05. The summed E-state index contributed by atoms with van der Waals surface area (Å²) < 4.78 is 32.6. The van der Waals surface area contributed by atoms with Crippen LogP contribution in [0, 0.1) is 6.92 Å². The second-order valence-corrected chi connectivity index (χ2v) is 7.12. The lowest BCUT2D eigenvalue weighted by Crippen LogP contribution is -2.39. The summed E-state index contributed by atoms with van der Waals surface area (Å²) in [5, 5.41) is 0. The molecule has 20 heavy (non-hydrogen) atoms. The molecule has 0 amide bonds. The first kappa shape index (κ1) is 17.5. The van der Waals surface area contributed by atoms with Gasteiger partial charge in [-0.05, 0) is 26.7 Å². The quantitative estimate of drug-likeness (QED) is 0.682. The van der Waals surface area contributed by atoms with Crippen LogP contribution in [-0.2, 0) is 15.9 Å². The lowest BCUT2D eigenvalue weighted by molar-refractivity contribution is 0.323. The number of aryl methyl sites for hydroxylation is 1. The summed E-state index contributed by atoms with van der Waals surface area (Å²) in [6.45, 7) is 8.18. The van der Waals surface area contributed by atoms with Crippen molar-refractivity contribution in [2.75, 3.05) is 6.54 Å². The summed E-state index contributed by atoms with van der Waals surface area (Å²) in [5.74, 6) is 1.07. The second-order valence-electron chi connectivity index (χ2n) is 4.99. The summed E-state index contributed by atoms with van der Waals surface area (Å²) in [6, 6.07) is 1.51. The van der Waals surface area contributed by atoms with E-state index in [0.29, 0.717) is 18.1 Å². The van der Waals surface area contributed by atoms with Crippen molar-refractivity contribution in [1.82, 2.24) is 4.31 Å². The van der Waals surface area contributed by atoms with Gasteiger partial charge in [-0.2, -0.15) is 4.31 Å². The average molecular weight is 322 g/mol. The van der Waals surface area contributed by atoms with E-state index in [1.54, 1.807) is 17.3 Å². The second kappa shape index (κ2) is 7.48.